The minimum atomic E-state index is -0.306. The highest BCUT2D eigenvalue weighted by molar-refractivity contribution is 5.56. The molecule has 1 aromatic rings. The molecule has 0 saturated carbocycles. The number of benzene rings is 1. The van der Waals surface area contributed by atoms with Crippen LogP contribution in [0.5, 0.6) is 5.75 Å². The van der Waals surface area contributed by atoms with Crippen LogP contribution >= 0.6 is 0 Å². The summed E-state index contributed by atoms with van der Waals surface area (Å²) >= 11 is 0. The Morgan fingerprint density at radius 2 is 2.19 bits per heavy atom. The van der Waals surface area contributed by atoms with Gasteiger partial charge in [0, 0.05) is 18.7 Å². The Morgan fingerprint density at radius 3 is 2.81 bits per heavy atom. The highest BCUT2D eigenvalue weighted by atomic mass is 19.1. The molecule has 1 atom stereocenters. The van der Waals surface area contributed by atoms with Crippen LogP contribution in [0.15, 0.2) is 18.2 Å². The summed E-state index contributed by atoms with van der Waals surface area (Å²) in [5, 5.41) is 3.21. The standard InChI is InChI=1S/C12H18FNO2/c1-4-16-8-9(2)14-11-6-5-10(13)7-12(11)15-3/h5-7,9,14H,4,8H2,1-3H3. The summed E-state index contributed by atoms with van der Waals surface area (Å²) in [5.74, 6) is 0.197. The Labute approximate surface area is 95.6 Å². The molecular weight excluding hydrogens is 209 g/mol. The van der Waals surface area contributed by atoms with E-state index in [0.29, 0.717) is 19.0 Å². The third-order valence-corrected chi connectivity index (χ3v) is 2.14. The van der Waals surface area contributed by atoms with Crippen molar-refractivity contribution in [3.05, 3.63) is 24.0 Å². The molecule has 0 aromatic heterocycles. The average Bonchev–Trinajstić information content (AvgIpc) is 2.28. The third kappa shape index (κ3) is 3.70. The van der Waals surface area contributed by atoms with Crippen molar-refractivity contribution in [2.24, 2.45) is 0 Å². The predicted molar refractivity (Wildman–Crippen MR) is 62.5 cm³/mol. The topological polar surface area (TPSA) is 30.5 Å². The zero-order valence-corrected chi connectivity index (χ0v) is 9.92. The predicted octanol–water partition coefficient (Wildman–Crippen LogP) is 2.67. The van der Waals surface area contributed by atoms with E-state index in [1.165, 1.54) is 19.2 Å². The number of methoxy groups -OCH3 is 1. The Bertz CT molecular complexity index is 331. The first-order valence-electron chi connectivity index (χ1n) is 5.35. The zero-order valence-electron chi connectivity index (χ0n) is 9.92. The summed E-state index contributed by atoms with van der Waals surface area (Å²) in [6.45, 7) is 5.24. The van der Waals surface area contributed by atoms with Crippen LogP contribution in [0.3, 0.4) is 0 Å². The zero-order chi connectivity index (χ0) is 12.0. The molecule has 0 radical (unpaired) electrons. The molecule has 1 unspecified atom stereocenters. The van der Waals surface area contributed by atoms with E-state index in [-0.39, 0.29) is 11.9 Å². The third-order valence-electron chi connectivity index (χ3n) is 2.14. The Morgan fingerprint density at radius 1 is 1.44 bits per heavy atom. The molecule has 0 spiro atoms. The van der Waals surface area contributed by atoms with Crippen molar-refractivity contribution in [2.75, 3.05) is 25.6 Å². The van der Waals surface area contributed by atoms with Crippen LogP contribution in [0.1, 0.15) is 13.8 Å². The van der Waals surface area contributed by atoms with Gasteiger partial charge in [-0.25, -0.2) is 4.39 Å². The molecule has 1 N–H and O–H groups in total. The second-order valence-electron chi connectivity index (χ2n) is 3.55. The van der Waals surface area contributed by atoms with E-state index in [1.54, 1.807) is 6.07 Å². The highest BCUT2D eigenvalue weighted by Gasteiger charge is 2.07. The Balaban J connectivity index is 2.65. The van der Waals surface area contributed by atoms with Crippen LogP contribution in [0.2, 0.25) is 0 Å². The van der Waals surface area contributed by atoms with Crippen LogP contribution in [0.25, 0.3) is 0 Å². The summed E-state index contributed by atoms with van der Waals surface area (Å²) in [6, 6.07) is 4.57. The Hall–Kier alpha value is -1.29. The fourth-order valence-electron chi connectivity index (χ4n) is 1.39. The highest BCUT2D eigenvalue weighted by Crippen LogP contribution is 2.25. The van der Waals surface area contributed by atoms with Gasteiger partial charge in [-0.2, -0.15) is 0 Å². The quantitative estimate of drug-likeness (QED) is 0.810. The molecule has 0 bridgehead atoms. The summed E-state index contributed by atoms with van der Waals surface area (Å²) in [7, 11) is 1.52. The first-order valence-corrected chi connectivity index (χ1v) is 5.35. The minimum absolute atomic E-state index is 0.152. The maximum Gasteiger partial charge on any atom is 0.144 e. The van der Waals surface area contributed by atoms with Crippen LogP contribution < -0.4 is 10.1 Å². The molecule has 0 fully saturated rings. The Kier molecular flexibility index (Phi) is 5.05. The smallest absolute Gasteiger partial charge is 0.144 e. The fraction of sp³-hybridized carbons (Fsp3) is 0.500. The van der Waals surface area contributed by atoms with Gasteiger partial charge in [0.1, 0.15) is 11.6 Å². The summed E-state index contributed by atoms with van der Waals surface area (Å²) < 4.78 is 23.3. The van der Waals surface area contributed by atoms with Crippen molar-refractivity contribution < 1.29 is 13.9 Å². The molecule has 16 heavy (non-hydrogen) atoms. The molecule has 0 amide bonds. The van der Waals surface area contributed by atoms with Gasteiger partial charge in [0.25, 0.3) is 0 Å². The van der Waals surface area contributed by atoms with Gasteiger partial charge in [-0.15, -0.1) is 0 Å². The molecule has 0 aliphatic rings. The first-order chi connectivity index (χ1) is 7.67. The summed E-state index contributed by atoms with van der Waals surface area (Å²) in [6.07, 6.45) is 0. The maximum absolute atomic E-state index is 12.9. The maximum atomic E-state index is 12.9. The first kappa shape index (κ1) is 12.8. The lowest BCUT2D eigenvalue weighted by atomic mass is 10.2. The normalized spacial score (nSPS) is 12.2. The second kappa shape index (κ2) is 6.33. The van der Waals surface area contributed by atoms with E-state index < -0.39 is 0 Å². The monoisotopic (exact) mass is 227 g/mol. The second-order valence-corrected chi connectivity index (χ2v) is 3.55. The molecule has 0 aliphatic heterocycles. The van der Waals surface area contributed by atoms with Gasteiger partial charge in [-0.3, -0.25) is 0 Å². The van der Waals surface area contributed by atoms with Crippen LogP contribution in [-0.2, 0) is 4.74 Å². The van der Waals surface area contributed by atoms with E-state index in [0.717, 1.165) is 5.69 Å². The van der Waals surface area contributed by atoms with E-state index in [1.807, 2.05) is 13.8 Å². The number of halogens is 1. The van der Waals surface area contributed by atoms with Crippen molar-refractivity contribution in [1.82, 2.24) is 0 Å². The van der Waals surface area contributed by atoms with E-state index in [4.69, 9.17) is 9.47 Å². The fourth-order valence-corrected chi connectivity index (χ4v) is 1.39. The molecule has 0 aliphatic carbocycles. The van der Waals surface area contributed by atoms with Gasteiger partial charge in [-0.05, 0) is 26.0 Å². The van der Waals surface area contributed by atoms with Crippen molar-refractivity contribution in [3.63, 3.8) is 0 Å². The SMILES string of the molecule is CCOCC(C)Nc1ccc(F)cc1OC. The lowest BCUT2D eigenvalue weighted by molar-refractivity contribution is 0.141. The van der Waals surface area contributed by atoms with Gasteiger partial charge < -0.3 is 14.8 Å². The van der Waals surface area contributed by atoms with Crippen molar-refractivity contribution in [2.45, 2.75) is 19.9 Å². The van der Waals surface area contributed by atoms with Crippen LogP contribution in [0, 0.1) is 5.82 Å². The van der Waals surface area contributed by atoms with E-state index in [9.17, 15) is 4.39 Å². The van der Waals surface area contributed by atoms with Crippen molar-refractivity contribution >= 4 is 5.69 Å². The average molecular weight is 227 g/mol. The largest absolute Gasteiger partial charge is 0.494 e. The number of rotatable bonds is 6. The number of ether oxygens (including phenoxy) is 2. The van der Waals surface area contributed by atoms with Crippen LogP contribution in [0.4, 0.5) is 10.1 Å². The van der Waals surface area contributed by atoms with Gasteiger partial charge in [0.05, 0.1) is 19.4 Å². The molecule has 3 nitrogen and oxygen atoms in total. The summed E-state index contributed by atoms with van der Waals surface area (Å²) in [4.78, 5) is 0. The van der Waals surface area contributed by atoms with Gasteiger partial charge in [-0.1, -0.05) is 0 Å². The number of hydrogen-bond donors (Lipinski definition) is 1. The molecule has 0 heterocycles. The molecule has 1 aromatic carbocycles. The van der Waals surface area contributed by atoms with E-state index in [2.05, 4.69) is 5.32 Å². The van der Waals surface area contributed by atoms with E-state index >= 15 is 0 Å². The molecule has 4 heteroatoms. The molecule has 90 valence electrons. The number of nitrogens with one attached hydrogen (secondary N) is 1. The molecular formula is C12H18FNO2. The summed E-state index contributed by atoms with van der Waals surface area (Å²) in [5.41, 5.74) is 0.774. The lowest BCUT2D eigenvalue weighted by Gasteiger charge is -2.17. The van der Waals surface area contributed by atoms with Gasteiger partial charge in [0.15, 0.2) is 0 Å². The van der Waals surface area contributed by atoms with Crippen molar-refractivity contribution in [3.8, 4) is 5.75 Å². The number of hydrogen-bond acceptors (Lipinski definition) is 3. The van der Waals surface area contributed by atoms with Crippen molar-refractivity contribution in [1.29, 1.82) is 0 Å². The van der Waals surface area contributed by atoms with Crippen LogP contribution in [-0.4, -0.2) is 26.4 Å². The van der Waals surface area contributed by atoms with Gasteiger partial charge in [0.2, 0.25) is 0 Å². The molecule has 0 saturated heterocycles. The molecule has 1 rings (SSSR count). The number of anilines is 1. The lowest BCUT2D eigenvalue weighted by Crippen LogP contribution is -2.22. The van der Waals surface area contributed by atoms with Gasteiger partial charge >= 0.3 is 0 Å². The minimum Gasteiger partial charge on any atom is -0.494 e.